The van der Waals surface area contributed by atoms with E-state index < -0.39 is 0 Å². The lowest BCUT2D eigenvalue weighted by atomic mass is 10.2. The lowest BCUT2D eigenvalue weighted by Crippen LogP contribution is -2.35. The molecule has 90 valence electrons. The Hall–Kier alpha value is -2.01. The molecular weight excluding hydrogens is 218 g/mol. The van der Waals surface area contributed by atoms with Crippen LogP contribution in [0, 0.1) is 0 Å². The average molecular weight is 233 g/mol. The fraction of sp³-hybridized carbons (Fsp3) is 0.250. The van der Waals surface area contributed by atoms with E-state index in [0.717, 1.165) is 5.39 Å². The molecule has 1 aromatic carbocycles. The van der Waals surface area contributed by atoms with Gasteiger partial charge in [-0.05, 0) is 19.1 Å². The van der Waals surface area contributed by atoms with Crippen LogP contribution in [0.3, 0.4) is 0 Å². The third-order valence-corrected chi connectivity index (χ3v) is 2.46. The number of phenolic OH excluding ortho intramolecular Hbond substituents is 1. The first kappa shape index (κ1) is 11.5. The Morgan fingerprint density at radius 1 is 1.59 bits per heavy atom. The summed E-state index contributed by atoms with van der Waals surface area (Å²) < 4.78 is 0. The van der Waals surface area contributed by atoms with Gasteiger partial charge in [-0.15, -0.1) is 0 Å². The highest BCUT2D eigenvalue weighted by molar-refractivity contribution is 5.99. The summed E-state index contributed by atoms with van der Waals surface area (Å²) in [4.78, 5) is 14.6. The molecule has 17 heavy (non-hydrogen) atoms. The summed E-state index contributed by atoms with van der Waals surface area (Å²) in [6.45, 7) is 2.23. The van der Waals surface area contributed by atoms with E-state index in [1.54, 1.807) is 18.2 Å². The van der Waals surface area contributed by atoms with Crippen molar-refractivity contribution in [3.05, 3.63) is 30.0 Å². The maximum absolute atomic E-state index is 11.8. The van der Waals surface area contributed by atoms with Gasteiger partial charge in [0.1, 0.15) is 11.4 Å². The fourth-order valence-electron chi connectivity index (χ4n) is 1.61. The van der Waals surface area contributed by atoms with Crippen molar-refractivity contribution in [2.24, 2.45) is 5.73 Å². The molecule has 0 aliphatic rings. The number of fused-ring (bicyclic) bond motifs is 1. The number of H-pyrrole nitrogens is 1. The molecule has 0 spiro atoms. The van der Waals surface area contributed by atoms with E-state index in [9.17, 15) is 9.90 Å². The van der Waals surface area contributed by atoms with E-state index >= 15 is 0 Å². The van der Waals surface area contributed by atoms with Gasteiger partial charge in [0.15, 0.2) is 0 Å². The number of phenols is 1. The smallest absolute Gasteiger partial charge is 0.267 e. The summed E-state index contributed by atoms with van der Waals surface area (Å²) in [6.07, 6.45) is 0. The fourth-order valence-corrected chi connectivity index (χ4v) is 1.61. The van der Waals surface area contributed by atoms with E-state index in [1.165, 1.54) is 0 Å². The number of aromatic amines is 1. The summed E-state index contributed by atoms with van der Waals surface area (Å²) in [6, 6.07) is 6.74. The highest BCUT2D eigenvalue weighted by atomic mass is 16.3. The molecule has 2 rings (SSSR count). The van der Waals surface area contributed by atoms with E-state index in [2.05, 4.69) is 10.3 Å². The Bertz CT molecular complexity index is 546. The number of carbonyl (C=O) groups is 1. The number of para-hydroxylation sites is 1. The van der Waals surface area contributed by atoms with Crippen LogP contribution >= 0.6 is 0 Å². The van der Waals surface area contributed by atoms with Crippen LogP contribution in [0.1, 0.15) is 17.4 Å². The van der Waals surface area contributed by atoms with Crippen molar-refractivity contribution >= 4 is 16.8 Å². The molecule has 1 atom stereocenters. The standard InChI is InChI=1S/C12H15N3O2/c1-7(13)6-14-12(17)9-5-8-3-2-4-10(16)11(8)15-9/h2-5,7,15-16H,6,13H2,1H3,(H,14,17). The van der Waals surface area contributed by atoms with Gasteiger partial charge in [-0.2, -0.15) is 0 Å². The van der Waals surface area contributed by atoms with Crippen LogP contribution < -0.4 is 11.1 Å². The van der Waals surface area contributed by atoms with Gasteiger partial charge in [-0.3, -0.25) is 4.79 Å². The molecule has 0 saturated carbocycles. The number of hydrogen-bond acceptors (Lipinski definition) is 3. The van der Waals surface area contributed by atoms with Crippen molar-refractivity contribution in [1.82, 2.24) is 10.3 Å². The molecule has 2 aromatic rings. The van der Waals surface area contributed by atoms with Crippen LogP contribution in [-0.4, -0.2) is 28.6 Å². The zero-order valence-electron chi connectivity index (χ0n) is 9.53. The molecule has 5 N–H and O–H groups in total. The van der Waals surface area contributed by atoms with Crippen LogP contribution in [-0.2, 0) is 0 Å². The third kappa shape index (κ3) is 2.39. The van der Waals surface area contributed by atoms with Crippen molar-refractivity contribution < 1.29 is 9.90 Å². The summed E-state index contributed by atoms with van der Waals surface area (Å²) >= 11 is 0. The molecule has 1 unspecified atom stereocenters. The van der Waals surface area contributed by atoms with E-state index in [1.807, 2.05) is 13.0 Å². The van der Waals surface area contributed by atoms with Gasteiger partial charge in [0.25, 0.3) is 5.91 Å². The van der Waals surface area contributed by atoms with E-state index in [4.69, 9.17) is 5.73 Å². The Labute approximate surface area is 98.6 Å². The molecule has 1 aromatic heterocycles. The minimum atomic E-state index is -0.224. The predicted molar refractivity (Wildman–Crippen MR) is 65.9 cm³/mol. The highest BCUT2D eigenvalue weighted by Crippen LogP contribution is 2.24. The predicted octanol–water partition coefficient (Wildman–Crippen LogP) is 0.950. The van der Waals surface area contributed by atoms with Crippen LogP contribution in [0.4, 0.5) is 0 Å². The Morgan fingerprint density at radius 2 is 2.35 bits per heavy atom. The third-order valence-electron chi connectivity index (χ3n) is 2.46. The lowest BCUT2D eigenvalue weighted by molar-refractivity contribution is 0.0947. The molecule has 0 fully saturated rings. The maximum Gasteiger partial charge on any atom is 0.267 e. The molecule has 1 amide bonds. The number of nitrogens with two attached hydrogens (primary N) is 1. The van der Waals surface area contributed by atoms with Gasteiger partial charge in [0, 0.05) is 18.0 Å². The normalized spacial score (nSPS) is 12.6. The van der Waals surface area contributed by atoms with Gasteiger partial charge in [-0.1, -0.05) is 12.1 Å². The van der Waals surface area contributed by atoms with Crippen molar-refractivity contribution in [3.63, 3.8) is 0 Å². The molecular formula is C12H15N3O2. The van der Waals surface area contributed by atoms with Crippen LogP contribution in [0.2, 0.25) is 0 Å². The van der Waals surface area contributed by atoms with E-state index in [0.29, 0.717) is 17.8 Å². The average Bonchev–Trinajstić information content (AvgIpc) is 2.71. The van der Waals surface area contributed by atoms with Gasteiger partial charge in [0.05, 0.1) is 5.52 Å². The second-order valence-electron chi connectivity index (χ2n) is 4.11. The molecule has 5 heteroatoms. The maximum atomic E-state index is 11.8. The van der Waals surface area contributed by atoms with Gasteiger partial charge in [0.2, 0.25) is 0 Å². The van der Waals surface area contributed by atoms with Crippen molar-refractivity contribution in [2.45, 2.75) is 13.0 Å². The molecule has 5 nitrogen and oxygen atoms in total. The van der Waals surface area contributed by atoms with Crippen LogP contribution in [0.15, 0.2) is 24.3 Å². The number of hydrogen-bond donors (Lipinski definition) is 4. The first-order valence-electron chi connectivity index (χ1n) is 5.42. The molecule has 0 aliphatic heterocycles. The zero-order chi connectivity index (χ0) is 12.4. The topological polar surface area (TPSA) is 91.1 Å². The molecule has 1 heterocycles. The van der Waals surface area contributed by atoms with Crippen molar-refractivity contribution in [1.29, 1.82) is 0 Å². The summed E-state index contributed by atoms with van der Waals surface area (Å²) in [5.74, 6) is -0.0911. The first-order chi connectivity index (χ1) is 8.08. The number of aromatic nitrogens is 1. The monoisotopic (exact) mass is 233 g/mol. The lowest BCUT2D eigenvalue weighted by Gasteiger charge is -2.05. The number of nitrogens with one attached hydrogen (secondary N) is 2. The highest BCUT2D eigenvalue weighted by Gasteiger charge is 2.11. The SMILES string of the molecule is CC(N)CNC(=O)c1cc2cccc(O)c2[nH]1. The van der Waals surface area contributed by atoms with Gasteiger partial charge >= 0.3 is 0 Å². The Balaban J connectivity index is 2.24. The van der Waals surface area contributed by atoms with Crippen molar-refractivity contribution in [2.75, 3.05) is 6.54 Å². The number of aromatic hydroxyl groups is 1. The van der Waals surface area contributed by atoms with Gasteiger partial charge < -0.3 is 21.1 Å². The Kier molecular flexibility index (Phi) is 3.01. The summed E-state index contributed by atoms with van der Waals surface area (Å²) in [7, 11) is 0. The quantitative estimate of drug-likeness (QED) is 0.636. The number of carbonyl (C=O) groups excluding carboxylic acids is 1. The number of rotatable bonds is 3. The molecule has 0 radical (unpaired) electrons. The van der Waals surface area contributed by atoms with Gasteiger partial charge in [-0.25, -0.2) is 0 Å². The molecule has 0 aliphatic carbocycles. The first-order valence-corrected chi connectivity index (χ1v) is 5.42. The number of benzene rings is 1. The van der Waals surface area contributed by atoms with Crippen LogP contribution in [0.5, 0.6) is 5.75 Å². The molecule has 0 saturated heterocycles. The second kappa shape index (κ2) is 4.47. The van der Waals surface area contributed by atoms with Crippen molar-refractivity contribution in [3.8, 4) is 5.75 Å². The zero-order valence-corrected chi connectivity index (χ0v) is 9.53. The minimum Gasteiger partial charge on any atom is -0.506 e. The largest absolute Gasteiger partial charge is 0.506 e. The van der Waals surface area contributed by atoms with Crippen LogP contribution in [0.25, 0.3) is 10.9 Å². The summed E-state index contributed by atoms with van der Waals surface area (Å²) in [5.41, 5.74) is 6.54. The number of amides is 1. The Morgan fingerprint density at radius 3 is 3.00 bits per heavy atom. The minimum absolute atomic E-state index is 0.0864. The van der Waals surface area contributed by atoms with E-state index in [-0.39, 0.29) is 17.7 Å². The second-order valence-corrected chi connectivity index (χ2v) is 4.11. The molecule has 0 bridgehead atoms. The summed E-state index contributed by atoms with van der Waals surface area (Å²) in [5, 5.41) is 13.1.